The summed E-state index contributed by atoms with van der Waals surface area (Å²) in [5, 5.41) is 6.18. The minimum atomic E-state index is -3.69. The van der Waals surface area contributed by atoms with Gasteiger partial charge in [-0.2, -0.15) is 0 Å². The fourth-order valence-electron chi connectivity index (χ4n) is 4.20. The van der Waals surface area contributed by atoms with Crippen molar-refractivity contribution in [3.63, 3.8) is 0 Å². The lowest BCUT2D eigenvalue weighted by atomic mass is 10.1. The Morgan fingerprint density at radius 1 is 0.902 bits per heavy atom. The van der Waals surface area contributed by atoms with Crippen LogP contribution in [-0.4, -0.2) is 60.8 Å². The molecule has 1 amide bonds. The first kappa shape index (κ1) is 27.8. The van der Waals surface area contributed by atoms with E-state index < -0.39 is 10.0 Å². The highest BCUT2D eigenvalue weighted by Crippen LogP contribution is 2.26. The zero-order valence-electron chi connectivity index (χ0n) is 23.0. The molecule has 0 atom stereocenters. The van der Waals surface area contributed by atoms with E-state index in [4.69, 9.17) is 0 Å². The highest BCUT2D eigenvalue weighted by Gasteiger charge is 2.15. The largest absolute Gasteiger partial charge is 0.351 e. The first-order chi connectivity index (χ1) is 19.7. The molecule has 41 heavy (non-hydrogen) atoms. The van der Waals surface area contributed by atoms with E-state index in [2.05, 4.69) is 25.3 Å². The summed E-state index contributed by atoms with van der Waals surface area (Å²) < 4.78 is 29.9. The molecule has 0 spiro atoms. The number of amides is 1. The van der Waals surface area contributed by atoms with Crippen molar-refractivity contribution in [2.45, 2.75) is 11.8 Å². The SMILES string of the molecule is Cc1ccc(S(=O)(=O)Nc2ccc(Nc3nccn4c(-c5ccc(C(=O)NCCN(C)C)cc5)cnc34)cc2)cc1. The van der Waals surface area contributed by atoms with Crippen LogP contribution >= 0.6 is 0 Å². The fraction of sp³-hybridized carbons (Fsp3) is 0.167. The topological polar surface area (TPSA) is 121 Å². The van der Waals surface area contributed by atoms with E-state index in [1.54, 1.807) is 73.1 Å². The highest BCUT2D eigenvalue weighted by molar-refractivity contribution is 7.92. The van der Waals surface area contributed by atoms with Gasteiger partial charge < -0.3 is 15.5 Å². The number of benzene rings is 3. The van der Waals surface area contributed by atoms with Gasteiger partial charge in [-0.05, 0) is 69.6 Å². The predicted octanol–water partition coefficient (Wildman–Crippen LogP) is 4.54. The average molecular weight is 570 g/mol. The third-order valence-corrected chi connectivity index (χ3v) is 7.84. The van der Waals surface area contributed by atoms with Crippen LogP contribution < -0.4 is 15.4 Å². The molecule has 5 rings (SSSR count). The number of likely N-dealkylation sites (N-methyl/N-ethyl adjacent to an activating group) is 1. The summed E-state index contributed by atoms with van der Waals surface area (Å²) in [6, 6.07) is 21.0. The van der Waals surface area contributed by atoms with Crippen LogP contribution in [-0.2, 0) is 10.0 Å². The van der Waals surface area contributed by atoms with E-state index in [1.165, 1.54) is 0 Å². The number of rotatable bonds is 10. The van der Waals surface area contributed by atoms with Crippen molar-refractivity contribution in [3.05, 3.63) is 103 Å². The second-order valence-corrected chi connectivity index (χ2v) is 11.6. The van der Waals surface area contributed by atoms with Gasteiger partial charge in [0.05, 0.1) is 16.8 Å². The monoisotopic (exact) mass is 569 g/mol. The Labute approximate surface area is 239 Å². The standard InChI is InChI=1S/C30H31N7O3S/c1-21-4-14-26(15-5-21)41(39,40)35-25-12-10-24(11-13-25)34-28-29-33-20-27(37(29)19-17-31-28)22-6-8-23(9-7-22)30(38)32-16-18-36(2)3/h4-15,17,19-20,35H,16,18H2,1-3H3,(H,31,34)(H,32,38). The lowest BCUT2D eigenvalue weighted by Crippen LogP contribution is -2.31. The number of carbonyl (C=O) groups is 1. The quantitative estimate of drug-likeness (QED) is 0.226. The summed E-state index contributed by atoms with van der Waals surface area (Å²) in [7, 11) is 0.235. The first-order valence-corrected chi connectivity index (χ1v) is 14.5. The number of imidazole rings is 1. The minimum absolute atomic E-state index is 0.110. The number of aryl methyl sites for hydroxylation is 1. The number of hydrogen-bond acceptors (Lipinski definition) is 7. The summed E-state index contributed by atoms with van der Waals surface area (Å²) in [6.45, 7) is 3.26. The van der Waals surface area contributed by atoms with Gasteiger partial charge in [0.1, 0.15) is 0 Å². The van der Waals surface area contributed by atoms with E-state index in [0.29, 0.717) is 29.3 Å². The maximum atomic E-state index is 12.7. The molecule has 5 aromatic rings. The smallest absolute Gasteiger partial charge is 0.261 e. The molecule has 0 unspecified atom stereocenters. The molecule has 0 bridgehead atoms. The van der Waals surface area contributed by atoms with E-state index in [0.717, 1.165) is 29.1 Å². The van der Waals surface area contributed by atoms with Gasteiger partial charge in [0.2, 0.25) is 0 Å². The molecule has 0 saturated carbocycles. The van der Waals surface area contributed by atoms with Crippen LogP contribution in [0, 0.1) is 6.92 Å². The lowest BCUT2D eigenvalue weighted by Gasteiger charge is -2.11. The summed E-state index contributed by atoms with van der Waals surface area (Å²) in [6.07, 6.45) is 5.27. The van der Waals surface area contributed by atoms with E-state index in [-0.39, 0.29) is 10.8 Å². The summed E-state index contributed by atoms with van der Waals surface area (Å²) >= 11 is 0. The number of carbonyl (C=O) groups excluding carboxylic acids is 1. The maximum absolute atomic E-state index is 12.7. The van der Waals surface area contributed by atoms with Crippen molar-refractivity contribution in [2.24, 2.45) is 0 Å². The van der Waals surface area contributed by atoms with Crippen LogP contribution in [0.1, 0.15) is 15.9 Å². The second-order valence-electron chi connectivity index (χ2n) is 9.87. The number of nitrogens with one attached hydrogen (secondary N) is 3. The molecule has 210 valence electrons. The van der Waals surface area contributed by atoms with Gasteiger partial charge in [-0.1, -0.05) is 29.8 Å². The molecule has 0 aliphatic carbocycles. The molecule has 0 saturated heterocycles. The van der Waals surface area contributed by atoms with Gasteiger partial charge in [0.25, 0.3) is 15.9 Å². The molecule has 2 heterocycles. The molecule has 3 N–H and O–H groups in total. The molecular weight excluding hydrogens is 538 g/mol. The van der Waals surface area contributed by atoms with Crippen LogP contribution in [0.15, 0.2) is 96.3 Å². The van der Waals surface area contributed by atoms with Gasteiger partial charge in [0, 0.05) is 48.0 Å². The van der Waals surface area contributed by atoms with Crippen molar-refractivity contribution >= 4 is 38.8 Å². The number of aromatic nitrogens is 3. The van der Waals surface area contributed by atoms with Crippen molar-refractivity contribution < 1.29 is 13.2 Å². The van der Waals surface area contributed by atoms with Crippen LogP contribution in [0.5, 0.6) is 0 Å². The van der Waals surface area contributed by atoms with Gasteiger partial charge in [-0.25, -0.2) is 18.4 Å². The molecular formula is C30H31N7O3S. The Hall–Kier alpha value is -4.74. The van der Waals surface area contributed by atoms with Crippen LogP contribution in [0.4, 0.5) is 17.2 Å². The third kappa shape index (κ3) is 6.53. The highest BCUT2D eigenvalue weighted by atomic mass is 32.2. The van der Waals surface area contributed by atoms with Crippen LogP contribution in [0.25, 0.3) is 16.9 Å². The predicted molar refractivity (Wildman–Crippen MR) is 161 cm³/mol. The van der Waals surface area contributed by atoms with Gasteiger partial charge in [0.15, 0.2) is 11.5 Å². The van der Waals surface area contributed by atoms with Crippen LogP contribution in [0.2, 0.25) is 0 Å². The normalized spacial score (nSPS) is 11.5. The van der Waals surface area contributed by atoms with Crippen molar-refractivity contribution in [1.29, 1.82) is 0 Å². The summed E-state index contributed by atoms with van der Waals surface area (Å²) in [5.41, 5.74) is 5.13. The van der Waals surface area contributed by atoms with Gasteiger partial charge in [-0.15, -0.1) is 0 Å². The molecule has 3 aromatic carbocycles. The van der Waals surface area contributed by atoms with Crippen molar-refractivity contribution in [2.75, 3.05) is 37.2 Å². The molecule has 10 nitrogen and oxygen atoms in total. The average Bonchev–Trinajstić information content (AvgIpc) is 3.39. The van der Waals surface area contributed by atoms with E-state index >= 15 is 0 Å². The van der Waals surface area contributed by atoms with Crippen molar-refractivity contribution in [3.8, 4) is 11.3 Å². The number of fused-ring (bicyclic) bond motifs is 1. The van der Waals surface area contributed by atoms with E-state index in [9.17, 15) is 13.2 Å². The lowest BCUT2D eigenvalue weighted by molar-refractivity contribution is 0.0951. The number of anilines is 3. The first-order valence-electron chi connectivity index (χ1n) is 13.0. The number of hydrogen-bond donors (Lipinski definition) is 3. The Kier molecular flexibility index (Phi) is 7.99. The van der Waals surface area contributed by atoms with Gasteiger partial charge >= 0.3 is 0 Å². The molecule has 0 fully saturated rings. The Morgan fingerprint density at radius 3 is 2.27 bits per heavy atom. The summed E-state index contributed by atoms with van der Waals surface area (Å²) in [4.78, 5) is 23.7. The molecule has 0 radical (unpaired) electrons. The number of sulfonamides is 1. The summed E-state index contributed by atoms with van der Waals surface area (Å²) in [5.74, 6) is 0.435. The van der Waals surface area contributed by atoms with Crippen LogP contribution in [0.3, 0.4) is 0 Å². The fourth-order valence-corrected chi connectivity index (χ4v) is 5.26. The zero-order chi connectivity index (χ0) is 29.0. The zero-order valence-corrected chi connectivity index (χ0v) is 23.8. The van der Waals surface area contributed by atoms with Gasteiger partial charge in [-0.3, -0.25) is 13.9 Å². The van der Waals surface area contributed by atoms with Crippen molar-refractivity contribution in [1.82, 2.24) is 24.6 Å². The third-order valence-electron chi connectivity index (χ3n) is 6.45. The number of nitrogens with zero attached hydrogens (tertiary/aromatic N) is 4. The Balaban J connectivity index is 1.29. The molecule has 0 aliphatic heterocycles. The maximum Gasteiger partial charge on any atom is 0.261 e. The Bertz CT molecular complexity index is 1760. The van der Waals surface area contributed by atoms with E-state index in [1.807, 2.05) is 48.6 Å². The minimum Gasteiger partial charge on any atom is -0.351 e. The molecule has 2 aromatic heterocycles. The molecule has 11 heteroatoms. The molecule has 0 aliphatic rings. The second kappa shape index (κ2) is 11.8. The Morgan fingerprint density at radius 2 is 1.59 bits per heavy atom.